The van der Waals surface area contributed by atoms with Gasteiger partial charge in [0.05, 0.1) is 24.7 Å². The predicted octanol–water partition coefficient (Wildman–Crippen LogP) is 4.60. The first-order valence-electron chi connectivity index (χ1n) is 10.2. The summed E-state index contributed by atoms with van der Waals surface area (Å²) < 4.78 is 6.62. The lowest BCUT2D eigenvalue weighted by Crippen LogP contribution is -2.16. The second-order valence-corrected chi connectivity index (χ2v) is 8.37. The molecule has 0 bridgehead atoms. The number of methoxy groups -OCH3 is 1. The van der Waals surface area contributed by atoms with E-state index in [1.165, 1.54) is 12.0 Å². The maximum Gasteiger partial charge on any atom is 0.356 e. The van der Waals surface area contributed by atoms with Gasteiger partial charge in [0, 0.05) is 30.3 Å². The molecule has 0 aliphatic rings. The number of ether oxygens (including phenoxy) is 1. The number of aromatic nitrogens is 2. The molecule has 8 heteroatoms. The normalized spacial score (nSPS) is 10.8. The molecule has 1 amide bonds. The smallest absolute Gasteiger partial charge is 0.356 e. The molecular weight excluding hydrogens is 424 g/mol. The van der Waals surface area contributed by atoms with Gasteiger partial charge < -0.3 is 19.9 Å². The molecule has 0 saturated heterocycles. The Morgan fingerprint density at radius 1 is 1.16 bits per heavy atom. The van der Waals surface area contributed by atoms with Gasteiger partial charge in [-0.1, -0.05) is 36.4 Å². The van der Waals surface area contributed by atoms with Crippen molar-refractivity contribution < 1.29 is 14.3 Å². The zero-order chi connectivity index (χ0) is 22.5. The third-order valence-electron chi connectivity index (χ3n) is 5.20. The van der Waals surface area contributed by atoms with Crippen LogP contribution >= 0.6 is 11.3 Å². The molecule has 1 aromatic carbocycles. The van der Waals surface area contributed by atoms with E-state index in [0.717, 1.165) is 11.3 Å². The number of aryl methyl sites for hydroxylation is 2. The summed E-state index contributed by atoms with van der Waals surface area (Å²) in [5.74, 6) is -0.708. The largest absolute Gasteiger partial charge is 0.464 e. The summed E-state index contributed by atoms with van der Waals surface area (Å²) >= 11 is 1.67. The average molecular weight is 449 g/mol. The molecule has 0 fully saturated rings. The summed E-state index contributed by atoms with van der Waals surface area (Å²) in [7, 11) is 3.06. The number of anilines is 2. The molecule has 4 rings (SSSR count). The van der Waals surface area contributed by atoms with E-state index < -0.39 is 5.97 Å². The number of amides is 1. The van der Waals surface area contributed by atoms with Crippen LogP contribution < -0.4 is 10.6 Å². The first-order valence-corrected chi connectivity index (χ1v) is 11.1. The number of pyridine rings is 1. The fourth-order valence-corrected chi connectivity index (χ4v) is 4.22. The topological polar surface area (TPSA) is 85.2 Å². The van der Waals surface area contributed by atoms with Crippen LogP contribution in [0.15, 0.2) is 60.1 Å². The minimum absolute atomic E-state index is 0.177. The lowest BCUT2D eigenvalue weighted by atomic mass is 10.1. The van der Waals surface area contributed by atoms with Gasteiger partial charge in [0.2, 0.25) is 5.91 Å². The van der Waals surface area contributed by atoms with Crippen molar-refractivity contribution in [2.45, 2.75) is 19.4 Å². The highest BCUT2D eigenvalue weighted by Gasteiger charge is 2.24. The third kappa shape index (κ3) is 4.65. The summed E-state index contributed by atoms with van der Waals surface area (Å²) in [4.78, 5) is 31.0. The van der Waals surface area contributed by atoms with E-state index in [1.54, 1.807) is 29.1 Å². The Labute approximate surface area is 190 Å². The SMILES string of the molecule is COC(=O)c1c(NC(=O)CCc2ccccc2)c2cc(NCc3cccs3)cnc2n1C. The Morgan fingerprint density at radius 3 is 2.69 bits per heavy atom. The summed E-state index contributed by atoms with van der Waals surface area (Å²) in [5.41, 5.74) is 3.15. The number of esters is 1. The third-order valence-corrected chi connectivity index (χ3v) is 6.08. The van der Waals surface area contributed by atoms with E-state index in [0.29, 0.717) is 36.1 Å². The number of hydrogen-bond donors (Lipinski definition) is 2. The minimum atomic E-state index is -0.531. The Balaban J connectivity index is 1.61. The minimum Gasteiger partial charge on any atom is -0.464 e. The van der Waals surface area contributed by atoms with Crippen molar-refractivity contribution in [3.8, 4) is 0 Å². The molecule has 7 nitrogen and oxygen atoms in total. The predicted molar refractivity (Wildman–Crippen MR) is 127 cm³/mol. The number of carbonyl (C=O) groups excluding carboxylic acids is 2. The van der Waals surface area contributed by atoms with Crippen LogP contribution in [0.2, 0.25) is 0 Å². The van der Waals surface area contributed by atoms with E-state index in [9.17, 15) is 9.59 Å². The van der Waals surface area contributed by atoms with Crippen molar-refractivity contribution in [3.05, 3.63) is 76.2 Å². The number of rotatable bonds is 8. The maximum atomic E-state index is 12.8. The van der Waals surface area contributed by atoms with E-state index in [-0.39, 0.29) is 11.6 Å². The van der Waals surface area contributed by atoms with Crippen molar-refractivity contribution in [2.75, 3.05) is 17.7 Å². The van der Waals surface area contributed by atoms with Crippen molar-refractivity contribution in [2.24, 2.45) is 7.05 Å². The van der Waals surface area contributed by atoms with Crippen molar-refractivity contribution in [1.29, 1.82) is 0 Å². The van der Waals surface area contributed by atoms with E-state index in [2.05, 4.69) is 21.7 Å². The molecule has 0 radical (unpaired) electrons. The molecular formula is C24H24N4O3S. The second-order valence-electron chi connectivity index (χ2n) is 7.34. The molecule has 2 N–H and O–H groups in total. The van der Waals surface area contributed by atoms with Crippen LogP contribution in [0.3, 0.4) is 0 Å². The van der Waals surface area contributed by atoms with Crippen LogP contribution in [0.5, 0.6) is 0 Å². The van der Waals surface area contributed by atoms with E-state index in [1.807, 2.05) is 47.8 Å². The number of benzene rings is 1. The number of nitrogens with one attached hydrogen (secondary N) is 2. The average Bonchev–Trinajstić information content (AvgIpc) is 3.43. The maximum absolute atomic E-state index is 12.8. The number of carbonyl (C=O) groups is 2. The van der Waals surface area contributed by atoms with Crippen LogP contribution in [0, 0.1) is 0 Å². The van der Waals surface area contributed by atoms with Crippen LogP contribution in [-0.2, 0) is 29.5 Å². The molecule has 3 aromatic heterocycles. The number of nitrogens with zero attached hydrogens (tertiary/aromatic N) is 2. The molecule has 0 unspecified atom stereocenters. The van der Waals surface area contributed by atoms with Gasteiger partial charge in [-0.05, 0) is 29.5 Å². The molecule has 164 valence electrons. The number of hydrogen-bond acceptors (Lipinski definition) is 6. The van der Waals surface area contributed by atoms with Gasteiger partial charge in [-0.15, -0.1) is 11.3 Å². The van der Waals surface area contributed by atoms with Gasteiger partial charge >= 0.3 is 5.97 Å². The molecule has 0 atom stereocenters. The summed E-state index contributed by atoms with van der Waals surface area (Å²) in [5, 5.41) is 8.99. The van der Waals surface area contributed by atoms with Crippen LogP contribution in [0.25, 0.3) is 11.0 Å². The first-order chi connectivity index (χ1) is 15.6. The highest BCUT2D eigenvalue weighted by atomic mass is 32.1. The molecule has 0 aliphatic carbocycles. The number of thiophene rings is 1. The fraction of sp³-hybridized carbons (Fsp3) is 0.208. The van der Waals surface area contributed by atoms with Gasteiger partial charge in [-0.3, -0.25) is 4.79 Å². The molecule has 4 aromatic rings. The van der Waals surface area contributed by atoms with Gasteiger partial charge in [-0.2, -0.15) is 0 Å². The van der Waals surface area contributed by atoms with Gasteiger partial charge in [0.1, 0.15) is 5.65 Å². The zero-order valence-electron chi connectivity index (χ0n) is 17.9. The zero-order valence-corrected chi connectivity index (χ0v) is 18.7. The lowest BCUT2D eigenvalue weighted by molar-refractivity contribution is -0.116. The van der Waals surface area contributed by atoms with Crippen LogP contribution in [0.1, 0.15) is 27.3 Å². The Morgan fingerprint density at radius 2 is 1.97 bits per heavy atom. The molecule has 3 heterocycles. The van der Waals surface area contributed by atoms with Gasteiger partial charge in [-0.25, -0.2) is 9.78 Å². The van der Waals surface area contributed by atoms with Gasteiger partial charge in [0.15, 0.2) is 5.69 Å². The van der Waals surface area contributed by atoms with Crippen LogP contribution in [-0.4, -0.2) is 28.5 Å². The first kappa shape index (κ1) is 21.6. The number of fused-ring (bicyclic) bond motifs is 1. The van der Waals surface area contributed by atoms with Crippen molar-refractivity contribution in [3.63, 3.8) is 0 Å². The summed E-state index contributed by atoms with van der Waals surface area (Å²) in [6.45, 7) is 0.667. The summed E-state index contributed by atoms with van der Waals surface area (Å²) in [6, 6.07) is 15.8. The molecule has 0 saturated carbocycles. The van der Waals surface area contributed by atoms with Crippen molar-refractivity contribution >= 4 is 45.6 Å². The Kier molecular flexibility index (Phi) is 6.51. The summed E-state index contributed by atoms with van der Waals surface area (Å²) in [6.07, 6.45) is 2.62. The lowest BCUT2D eigenvalue weighted by Gasteiger charge is -2.08. The van der Waals surface area contributed by atoms with Crippen molar-refractivity contribution in [1.82, 2.24) is 9.55 Å². The van der Waals surface area contributed by atoms with E-state index >= 15 is 0 Å². The Bertz CT molecular complexity index is 1230. The van der Waals surface area contributed by atoms with Crippen LogP contribution in [0.4, 0.5) is 11.4 Å². The molecule has 0 spiro atoms. The highest BCUT2D eigenvalue weighted by molar-refractivity contribution is 7.09. The standard InChI is InChI=1S/C24H24N4O3S/c1-28-22(24(30)31-2)21(27-20(29)11-10-16-7-4-3-5-8-16)19-13-17(14-26-23(19)28)25-15-18-9-6-12-32-18/h3-9,12-14,25H,10-11,15H2,1-2H3,(H,27,29). The van der Waals surface area contributed by atoms with E-state index in [4.69, 9.17) is 4.74 Å². The second kappa shape index (κ2) is 9.65. The fourth-order valence-electron chi connectivity index (χ4n) is 3.58. The highest BCUT2D eigenvalue weighted by Crippen LogP contribution is 2.32. The Hall–Kier alpha value is -3.65. The molecule has 0 aliphatic heterocycles. The quantitative estimate of drug-likeness (QED) is 0.385. The van der Waals surface area contributed by atoms with Gasteiger partial charge in [0.25, 0.3) is 0 Å². The monoisotopic (exact) mass is 448 g/mol. The molecule has 32 heavy (non-hydrogen) atoms.